The number of aromatic nitrogens is 2. The molecule has 1 atom stereocenters. The third kappa shape index (κ3) is 2.23. The summed E-state index contributed by atoms with van der Waals surface area (Å²) in [5.41, 5.74) is 5.47. The van der Waals surface area contributed by atoms with Crippen LogP contribution in [0.5, 0.6) is 0 Å². The van der Waals surface area contributed by atoms with Crippen molar-refractivity contribution in [1.82, 2.24) is 10.1 Å². The summed E-state index contributed by atoms with van der Waals surface area (Å²) in [5.74, 6) is -1.68. The molecule has 0 amide bonds. The molecule has 0 aliphatic heterocycles. The van der Waals surface area contributed by atoms with E-state index in [9.17, 15) is 4.79 Å². The van der Waals surface area contributed by atoms with Gasteiger partial charge in [-0.2, -0.15) is 4.98 Å². The highest BCUT2D eigenvalue weighted by Gasteiger charge is 2.17. The normalized spacial score (nSPS) is 12.8. The zero-order chi connectivity index (χ0) is 9.84. The maximum atomic E-state index is 10.3. The Bertz CT molecular complexity index is 298. The smallest absolute Gasteiger partial charge is 0.377 e. The number of hydrogen-bond acceptors (Lipinski definition) is 6. The second-order valence-electron chi connectivity index (χ2n) is 2.38. The highest BCUT2D eigenvalue weighted by molar-refractivity contribution is 5.82. The van der Waals surface area contributed by atoms with Crippen molar-refractivity contribution in [2.45, 2.75) is 12.5 Å². The third-order valence-electron chi connectivity index (χ3n) is 1.39. The van der Waals surface area contributed by atoms with Gasteiger partial charge in [0.1, 0.15) is 0 Å². The molecule has 1 unspecified atom stereocenters. The number of hydrogen-bond donors (Lipinski definition) is 3. The molecule has 7 heteroatoms. The highest BCUT2D eigenvalue weighted by atomic mass is 16.5. The summed E-state index contributed by atoms with van der Waals surface area (Å²) >= 11 is 0. The SMILES string of the molecule is NC(CCO)c1nc(C(=O)O)no1. The number of carboxylic acid groups (broad SMARTS) is 1. The molecule has 1 aromatic heterocycles. The van der Waals surface area contributed by atoms with Gasteiger partial charge in [0.05, 0.1) is 6.04 Å². The van der Waals surface area contributed by atoms with Crippen molar-refractivity contribution in [1.29, 1.82) is 0 Å². The average Bonchev–Trinajstić information content (AvgIpc) is 2.52. The molecule has 0 aliphatic rings. The van der Waals surface area contributed by atoms with Gasteiger partial charge in [-0.3, -0.25) is 0 Å². The minimum absolute atomic E-state index is 0.0199. The summed E-state index contributed by atoms with van der Waals surface area (Å²) in [5, 5.41) is 20.1. The van der Waals surface area contributed by atoms with Gasteiger partial charge in [-0.05, 0) is 11.6 Å². The summed E-state index contributed by atoms with van der Waals surface area (Å²) in [6, 6.07) is -0.620. The maximum absolute atomic E-state index is 10.3. The molecule has 0 saturated heterocycles. The number of nitrogens with zero attached hydrogens (tertiary/aromatic N) is 2. The fraction of sp³-hybridized carbons (Fsp3) is 0.500. The summed E-state index contributed by atoms with van der Waals surface area (Å²) < 4.78 is 4.56. The molecule has 4 N–H and O–H groups in total. The molecule has 0 saturated carbocycles. The van der Waals surface area contributed by atoms with Crippen LogP contribution in [0.2, 0.25) is 0 Å². The van der Waals surface area contributed by atoms with Crippen LogP contribution >= 0.6 is 0 Å². The molecule has 7 nitrogen and oxygen atoms in total. The van der Waals surface area contributed by atoms with E-state index in [4.69, 9.17) is 15.9 Å². The van der Waals surface area contributed by atoms with Gasteiger partial charge < -0.3 is 20.5 Å². The first-order valence-corrected chi connectivity index (χ1v) is 3.58. The van der Waals surface area contributed by atoms with E-state index in [2.05, 4.69) is 14.7 Å². The number of aliphatic hydroxyl groups excluding tert-OH is 1. The van der Waals surface area contributed by atoms with Gasteiger partial charge >= 0.3 is 5.97 Å². The summed E-state index contributed by atoms with van der Waals surface area (Å²) in [4.78, 5) is 13.8. The van der Waals surface area contributed by atoms with Crippen molar-refractivity contribution in [2.75, 3.05) is 6.61 Å². The molecular formula is C6H9N3O4. The van der Waals surface area contributed by atoms with Crippen molar-refractivity contribution >= 4 is 5.97 Å². The van der Waals surface area contributed by atoms with Crippen LogP contribution < -0.4 is 5.73 Å². The van der Waals surface area contributed by atoms with E-state index < -0.39 is 17.8 Å². The minimum Gasteiger partial charge on any atom is -0.475 e. The molecule has 72 valence electrons. The molecule has 13 heavy (non-hydrogen) atoms. The quantitative estimate of drug-likeness (QED) is 0.561. The Hall–Kier alpha value is -1.47. The van der Waals surface area contributed by atoms with E-state index in [1.807, 2.05) is 0 Å². The average molecular weight is 187 g/mol. The lowest BCUT2D eigenvalue weighted by Gasteiger charge is -2.01. The lowest BCUT2D eigenvalue weighted by Crippen LogP contribution is -2.12. The van der Waals surface area contributed by atoms with Crippen LogP contribution in [0.3, 0.4) is 0 Å². The molecule has 0 spiro atoms. The molecule has 0 aromatic carbocycles. The largest absolute Gasteiger partial charge is 0.475 e. The fourth-order valence-corrected chi connectivity index (χ4v) is 0.735. The van der Waals surface area contributed by atoms with Gasteiger partial charge in [-0.1, -0.05) is 0 Å². The standard InChI is InChI=1S/C6H9N3O4/c7-3(1-2-10)5-8-4(6(11)12)9-13-5/h3,10H,1-2,7H2,(H,11,12). The Labute approximate surface area is 73.2 Å². The van der Waals surface area contributed by atoms with Gasteiger partial charge in [-0.25, -0.2) is 4.79 Å². The highest BCUT2D eigenvalue weighted by Crippen LogP contribution is 2.10. The summed E-state index contributed by atoms with van der Waals surface area (Å²) in [6.45, 7) is -0.119. The molecule has 1 rings (SSSR count). The van der Waals surface area contributed by atoms with Crippen LogP contribution in [-0.2, 0) is 0 Å². The fourth-order valence-electron chi connectivity index (χ4n) is 0.735. The summed E-state index contributed by atoms with van der Waals surface area (Å²) in [7, 11) is 0. The van der Waals surface area contributed by atoms with E-state index in [0.29, 0.717) is 0 Å². The number of nitrogens with two attached hydrogens (primary N) is 1. The van der Waals surface area contributed by atoms with Crippen LogP contribution in [-0.4, -0.2) is 32.9 Å². The van der Waals surface area contributed by atoms with Crippen molar-refractivity contribution in [3.8, 4) is 0 Å². The lowest BCUT2D eigenvalue weighted by molar-refractivity contribution is 0.0680. The topological polar surface area (TPSA) is 122 Å². The van der Waals surface area contributed by atoms with Crippen molar-refractivity contribution in [3.63, 3.8) is 0 Å². The number of carboxylic acids is 1. The number of carbonyl (C=O) groups is 1. The second-order valence-corrected chi connectivity index (χ2v) is 2.38. The third-order valence-corrected chi connectivity index (χ3v) is 1.39. The number of aromatic carboxylic acids is 1. The van der Waals surface area contributed by atoms with Crippen LogP contribution in [0, 0.1) is 0 Å². The van der Waals surface area contributed by atoms with E-state index in [1.54, 1.807) is 0 Å². The molecule has 0 radical (unpaired) electrons. The predicted molar refractivity (Wildman–Crippen MR) is 39.9 cm³/mol. The Balaban J connectivity index is 2.73. The van der Waals surface area contributed by atoms with Gasteiger partial charge in [0, 0.05) is 6.61 Å². The Morgan fingerprint density at radius 3 is 2.85 bits per heavy atom. The van der Waals surface area contributed by atoms with Gasteiger partial charge in [0.2, 0.25) is 5.89 Å². The van der Waals surface area contributed by atoms with E-state index in [1.165, 1.54) is 0 Å². The maximum Gasteiger partial charge on any atom is 0.377 e. The Kier molecular flexibility index (Phi) is 2.93. The van der Waals surface area contributed by atoms with Crippen molar-refractivity contribution < 1.29 is 19.5 Å². The van der Waals surface area contributed by atoms with E-state index in [-0.39, 0.29) is 18.9 Å². The summed E-state index contributed by atoms with van der Waals surface area (Å²) in [6.07, 6.45) is 0.251. The first-order chi connectivity index (χ1) is 6.15. The number of rotatable bonds is 4. The van der Waals surface area contributed by atoms with Crippen molar-refractivity contribution in [2.24, 2.45) is 5.73 Å². The zero-order valence-electron chi connectivity index (χ0n) is 6.67. The number of aliphatic hydroxyl groups is 1. The minimum atomic E-state index is -1.27. The van der Waals surface area contributed by atoms with Crippen LogP contribution in [0.4, 0.5) is 0 Å². The molecular weight excluding hydrogens is 178 g/mol. The van der Waals surface area contributed by atoms with E-state index >= 15 is 0 Å². The molecule has 0 aliphatic carbocycles. The first kappa shape index (κ1) is 9.62. The lowest BCUT2D eigenvalue weighted by atomic mass is 10.2. The Morgan fingerprint density at radius 1 is 1.69 bits per heavy atom. The Morgan fingerprint density at radius 2 is 2.38 bits per heavy atom. The van der Waals surface area contributed by atoms with Crippen LogP contribution in [0.15, 0.2) is 4.52 Å². The second kappa shape index (κ2) is 3.97. The molecule has 1 heterocycles. The van der Waals surface area contributed by atoms with Crippen LogP contribution in [0.25, 0.3) is 0 Å². The van der Waals surface area contributed by atoms with Gasteiger partial charge in [0.25, 0.3) is 5.82 Å². The zero-order valence-corrected chi connectivity index (χ0v) is 6.67. The van der Waals surface area contributed by atoms with Gasteiger partial charge in [0.15, 0.2) is 0 Å². The predicted octanol–water partition coefficient (Wildman–Crippen LogP) is -0.850. The first-order valence-electron chi connectivity index (χ1n) is 3.58. The monoisotopic (exact) mass is 187 g/mol. The van der Waals surface area contributed by atoms with E-state index in [0.717, 1.165) is 0 Å². The van der Waals surface area contributed by atoms with Crippen molar-refractivity contribution in [3.05, 3.63) is 11.7 Å². The van der Waals surface area contributed by atoms with Crippen LogP contribution in [0.1, 0.15) is 29.0 Å². The van der Waals surface area contributed by atoms with Gasteiger partial charge in [-0.15, -0.1) is 0 Å². The molecule has 0 bridgehead atoms. The molecule has 0 fully saturated rings. The molecule has 1 aromatic rings.